The molecule has 2 saturated heterocycles. The third kappa shape index (κ3) is 3.64. The van der Waals surface area contributed by atoms with Crippen LogP contribution in [0, 0.1) is 33.5 Å². The van der Waals surface area contributed by atoms with Crippen molar-refractivity contribution in [3.8, 4) is 17.9 Å². The molecular formula is C28H26N6O3S. The zero-order valence-corrected chi connectivity index (χ0v) is 21.7. The first-order chi connectivity index (χ1) is 18.5. The molecule has 0 unspecified atom stereocenters. The lowest BCUT2D eigenvalue weighted by Crippen LogP contribution is -2.73. The van der Waals surface area contributed by atoms with Crippen molar-refractivity contribution in [3.63, 3.8) is 0 Å². The van der Waals surface area contributed by atoms with Crippen LogP contribution in [-0.2, 0) is 13.1 Å². The Labute approximate surface area is 226 Å². The fourth-order valence-corrected chi connectivity index (χ4v) is 6.67. The number of nitriles is 2. The maximum absolute atomic E-state index is 11.0. The van der Waals surface area contributed by atoms with Gasteiger partial charge in [-0.3, -0.25) is 14.8 Å². The number of furan rings is 2. The van der Waals surface area contributed by atoms with E-state index in [2.05, 4.69) is 21.9 Å². The van der Waals surface area contributed by atoms with Gasteiger partial charge in [-0.05, 0) is 30.3 Å². The molecule has 0 radical (unpaired) electrons. The number of methoxy groups -OCH3 is 1. The summed E-state index contributed by atoms with van der Waals surface area (Å²) >= 11 is 6.15. The van der Waals surface area contributed by atoms with Crippen LogP contribution >= 0.6 is 12.2 Å². The zero-order chi connectivity index (χ0) is 26.3. The lowest BCUT2D eigenvalue weighted by atomic mass is 9.53. The maximum atomic E-state index is 11.0. The number of fused-ring (bicyclic) bond motifs is 4. The Morgan fingerprint density at radius 1 is 0.974 bits per heavy atom. The van der Waals surface area contributed by atoms with Crippen molar-refractivity contribution in [2.24, 2.45) is 15.8 Å². The molecule has 5 heterocycles. The first kappa shape index (κ1) is 24.4. The average molecular weight is 527 g/mol. The molecule has 0 N–H and O–H groups in total. The molecule has 2 fully saturated rings. The summed E-state index contributed by atoms with van der Waals surface area (Å²) in [5, 5.41) is 22.0. The summed E-state index contributed by atoms with van der Waals surface area (Å²) in [7, 11) is 1.61. The van der Waals surface area contributed by atoms with E-state index in [1.54, 1.807) is 19.6 Å². The maximum Gasteiger partial charge on any atom is 0.136 e. The number of amidine groups is 1. The summed E-state index contributed by atoms with van der Waals surface area (Å²) in [6.07, 6.45) is 3.27. The Bertz CT molecular complexity index is 1460. The number of hydrogen-bond donors (Lipinski definition) is 0. The third-order valence-electron chi connectivity index (χ3n) is 7.74. The number of hydrogen-bond acceptors (Lipinski definition) is 9. The molecule has 38 heavy (non-hydrogen) atoms. The van der Waals surface area contributed by atoms with Crippen LogP contribution in [-0.4, -0.2) is 59.1 Å². The molecule has 6 rings (SSSR count). The third-order valence-corrected chi connectivity index (χ3v) is 8.33. The van der Waals surface area contributed by atoms with Crippen LogP contribution in [0.2, 0.25) is 0 Å². The fraction of sp³-hybridized carbons (Fsp3) is 0.357. The van der Waals surface area contributed by atoms with E-state index in [1.165, 1.54) is 0 Å². The first-order valence-corrected chi connectivity index (χ1v) is 12.8. The van der Waals surface area contributed by atoms with Crippen molar-refractivity contribution in [3.05, 3.63) is 78.1 Å². The minimum absolute atomic E-state index is 0.344. The molecule has 3 aromatic rings. The monoisotopic (exact) mass is 526 g/mol. The Hall–Kier alpha value is -3.96. The van der Waals surface area contributed by atoms with Crippen LogP contribution in [0.3, 0.4) is 0 Å². The number of para-hydroxylation sites is 1. The molecule has 9 nitrogen and oxygen atoms in total. The number of thiocarbonyl (C=S) groups is 1. The number of benzene rings is 1. The van der Waals surface area contributed by atoms with Crippen molar-refractivity contribution in [1.29, 1.82) is 10.5 Å². The highest BCUT2D eigenvalue weighted by Crippen LogP contribution is 2.59. The van der Waals surface area contributed by atoms with E-state index in [0.29, 0.717) is 56.1 Å². The topological polar surface area (TPSA) is 105 Å². The molecule has 2 aromatic heterocycles. The first-order valence-electron chi connectivity index (χ1n) is 12.4. The Kier molecular flexibility index (Phi) is 6.04. The van der Waals surface area contributed by atoms with E-state index in [-0.39, 0.29) is 0 Å². The quantitative estimate of drug-likeness (QED) is 0.441. The van der Waals surface area contributed by atoms with Gasteiger partial charge in [-0.1, -0.05) is 30.4 Å². The summed E-state index contributed by atoms with van der Waals surface area (Å²) in [6.45, 7) is 2.52. The molecule has 1 aromatic carbocycles. The summed E-state index contributed by atoms with van der Waals surface area (Å²) in [5.41, 5.74) is -1.54. The van der Waals surface area contributed by atoms with Gasteiger partial charge in [0.15, 0.2) is 0 Å². The minimum Gasteiger partial charge on any atom is -0.496 e. The van der Waals surface area contributed by atoms with Crippen LogP contribution < -0.4 is 4.74 Å². The highest BCUT2D eigenvalue weighted by Gasteiger charge is 2.68. The predicted molar refractivity (Wildman–Crippen MR) is 142 cm³/mol. The summed E-state index contributed by atoms with van der Waals surface area (Å²) < 4.78 is 16.9. The van der Waals surface area contributed by atoms with E-state index >= 15 is 0 Å². The van der Waals surface area contributed by atoms with Crippen molar-refractivity contribution < 1.29 is 13.6 Å². The Morgan fingerprint density at radius 3 is 2.26 bits per heavy atom. The number of piperidine rings is 2. The van der Waals surface area contributed by atoms with Gasteiger partial charge in [-0.2, -0.15) is 10.5 Å². The Balaban J connectivity index is 1.50. The van der Waals surface area contributed by atoms with Crippen molar-refractivity contribution in [2.75, 3.05) is 33.5 Å². The fourth-order valence-electron chi connectivity index (χ4n) is 6.29. The normalized spacial score (nSPS) is 27.2. The highest BCUT2D eigenvalue weighted by molar-refractivity contribution is 7.80. The molecular weight excluding hydrogens is 500 g/mol. The van der Waals surface area contributed by atoms with Gasteiger partial charge in [0.05, 0.1) is 58.2 Å². The van der Waals surface area contributed by atoms with Crippen molar-refractivity contribution in [2.45, 2.75) is 19.0 Å². The largest absolute Gasteiger partial charge is 0.496 e. The number of rotatable bonds is 6. The Morgan fingerprint density at radius 2 is 1.63 bits per heavy atom. The summed E-state index contributed by atoms with van der Waals surface area (Å²) in [4.78, 5) is 11.5. The second-order valence-corrected chi connectivity index (χ2v) is 10.4. The van der Waals surface area contributed by atoms with E-state index in [9.17, 15) is 10.5 Å². The molecule has 0 amide bonds. The zero-order valence-electron chi connectivity index (χ0n) is 20.9. The standard InChI is InChI=1S/C28H26N6O3S/c1-35-23-9-3-2-8-22(23)24-27(14-29)16-32(12-20-6-4-10-36-20)17-28(24,15-30)26(38)34-19-33(18-31-25(27)34)13-21-7-5-11-37-21/h2-11,24H,12-13,16-19H2,1H3/t24-,27+,28-/m1/s1. The van der Waals surface area contributed by atoms with Gasteiger partial charge in [0.25, 0.3) is 0 Å². The van der Waals surface area contributed by atoms with Crippen LogP contribution in [0.4, 0.5) is 0 Å². The SMILES string of the molecule is COc1ccccc1[C@H]1[C@@]2(C#N)CN(Cc3ccco3)C[C@]1(C#N)C1=NCN(Cc3ccco3)CN1C2=S. The van der Waals surface area contributed by atoms with E-state index in [1.807, 2.05) is 53.4 Å². The lowest BCUT2D eigenvalue weighted by molar-refractivity contribution is 0.0471. The van der Waals surface area contributed by atoms with Gasteiger partial charge in [0.1, 0.15) is 38.9 Å². The van der Waals surface area contributed by atoms with Gasteiger partial charge in [-0.25, -0.2) is 0 Å². The average Bonchev–Trinajstić information content (AvgIpc) is 3.66. The molecule has 3 aliphatic heterocycles. The van der Waals surface area contributed by atoms with E-state index in [4.69, 9.17) is 30.8 Å². The number of ether oxygens (including phenoxy) is 1. The second kappa shape index (κ2) is 9.41. The van der Waals surface area contributed by atoms with Gasteiger partial charge in [0, 0.05) is 24.6 Å². The van der Waals surface area contributed by atoms with Gasteiger partial charge in [-0.15, -0.1) is 0 Å². The molecule has 3 aliphatic rings. The number of likely N-dealkylation sites (tertiary alicyclic amines) is 1. The molecule has 0 aliphatic carbocycles. The van der Waals surface area contributed by atoms with Crippen LogP contribution in [0.1, 0.15) is 23.0 Å². The summed E-state index contributed by atoms with van der Waals surface area (Å²) in [6, 6.07) is 20.4. The lowest BCUT2D eigenvalue weighted by Gasteiger charge is -2.60. The van der Waals surface area contributed by atoms with Crippen LogP contribution in [0.25, 0.3) is 0 Å². The van der Waals surface area contributed by atoms with E-state index < -0.39 is 16.7 Å². The predicted octanol–water partition coefficient (Wildman–Crippen LogP) is 3.97. The van der Waals surface area contributed by atoms with Crippen LogP contribution in [0.5, 0.6) is 5.75 Å². The van der Waals surface area contributed by atoms with Gasteiger partial charge in [0.2, 0.25) is 0 Å². The minimum atomic E-state index is -1.18. The molecule has 0 spiro atoms. The van der Waals surface area contributed by atoms with Crippen molar-refractivity contribution in [1.82, 2.24) is 14.7 Å². The highest BCUT2D eigenvalue weighted by atomic mass is 32.1. The van der Waals surface area contributed by atoms with Crippen LogP contribution in [0.15, 0.2) is 74.9 Å². The smallest absolute Gasteiger partial charge is 0.136 e. The van der Waals surface area contributed by atoms with Gasteiger partial charge >= 0.3 is 0 Å². The second-order valence-electron chi connectivity index (χ2n) is 9.97. The number of aliphatic imine (C=N–C) groups is 1. The summed E-state index contributed by atoms with van der Waals surface area (Å²) in [5.74, 6) is 2.24. The molecule has 2 bridgehead atoms. The molecule has 192 valence electrons. The van der Waals surface area contributed by atoms with E-state index in [0.717, 1.165) is 17.1 Å². The molecule has 3 atom stereocenters. The molecule has 0 saturated carbocycles. The van der Waals surface area contributed by atoms with Gasteiger partial charge < -0.3 is 18.5 Å². The van der Waals surface area contributed by atoms with Crippen molar-refractivity contribution >= 4 is 23.0 Å². The number of nitrogens with zero attached hydrogens (tertiary/aromatic N) is 6. The molecule has 10 heteroatoms.